The van der Waals surface area contributed by atoms with Gasteiger partial charge in [0.05, 0.1) is 28.5 Å². The molecule has 0 fully saturated rings. The van der Waals surface area contributed by atoms with Crippen molar-refractivity contribution in [3.05, 3.63) is 16.4 Å². The van der Waals surface area contributed by atoms with E-state index in [-0.39, 0.29) is 12.1 Å². The number of halogens is 1. The quantitative estimate of drug-likeness (QED) is 0.842. The zero-order valence-electron chi connectivity index (χ0n) is 11.0. The van der Waals surface area contributed by atoms with Crippen molar-refractivity contribution in [2.45, 2.75) is 45.9 Å². The number of rotatable bonds is 7. The van der Waals surface area contributed by atoms with Gasteiger partial charge in [-0.1, -0.05) is 6.92 Å². The van der Waals surface area contributed by atoms with Crippen LogP contribution in [0.1, 0.15) is 38.9 Å². The van der Waals surface area contributed by atoms with Crippen molar-refractivity contribution in [1.29, 1.82) is 0 Å². The van der Waals surface area contributed by atoms with Gasteiger partial charge in [0, 0.05) is 13.7 Å². The van der Waals surface area contributed by atoms with E-state index in [4.69, 9.17) is 4.74 Å². The van der Waals surface area contributed by atoms with E-state index in [1.807, 2.05) is 10.9 Å². The Labute approximate surface area is 112 Å². The van der Waals surface area contributed by atoms with Gasteiger partial charge >= 0.3 is 0 Å². The Hall–Kier alpha value is -0.390. The number of hydrogen-bond donors (Lipinski definition) is 1. The van der Waals surface area contributed by atoms with Gasteiger partial charge in [-0.15, -0.1) is 0 Å². The molecule has 0 saturated carbocycles. The number of nitrogens with one attached hydrogen (secondary N) is 1. The fraction of sp³-hybridized carbons (Fsp3) is 0.750. The van der Waals surface area contributed by atoms with Crippen LogP contribution in [0.3, 0.4) is 0 Å². The summed E-state index contributed by atoms with van der Waals surface area (Å²) in [6, 6.07) is 0.270. The first kappa shape index (κ1) is 14.7. The number of hydrogen-bond acceptors (Lipinski definition) is 3. The predicted molar refractivity (Wildman–Crippen MR) is 73.1 cm³/mol. The highest BCUT2D eigenvalue weighted by Crippen LogP contribution is 2.27. The summed E-state index contributed by atoms with van der Waals surface area (Å²) in [6.07, 6.45) is 3.03. The summed E-state index contributed by atoms with van der Waals surface area (Å²) in [5, 5.41) is 7.85. The molecule has 1 N–H and O–H groups in total. The number of aryl methyl sites for hydroxylation is 1. The molecule has 0 amide bonds. The summed E-state index contributed by atoms with van der Waals surface area (Å²) < 4.78 is 8.44. The van der Waals surface area contributed by atoms with E-state index >= 15 is 0 Å². The highest BCUT2D eigenvalue weighted by Gasteiger charge is 2.20. The fourth-order valence-corrected chi connectivity index (χ4v) is 2.51. The van der Waals surface area contributed by atoms with E-state index in [9.17, 15) is 0 Å². The maximum absolute atomic E-state index is 5.35. The molecule has 1 rings (SSSR count). The zero-order valence-corrected chi connectivity index (χ0v) is 12.6. The van der Waals surface area contributed by atoms with Crippen molar-refractivity contribution >= 4 is 15.9 Å². The number of methoxy groups -OCH3 is 1. The maximum atomic E-state index is 5.35. The van der Waals surface area contributed by atoms with Crippen molar-refractivity contribution in [1.82, 2.24) is 15.1 Å². The van der Waals surface area contributed by atoms with Crippen LogP contribution in [-0.4, -0.2) is 29.5 Å². The van der Waals surface area contributed by atoms with Gasteiger partial charge in [0.2, 0.25) is 0 Å². The van der Waals surface area contributed by atoms with Gasteiger partial charge in [-0.05, 0) is 42.7 Å². The Morgan fingerprint density at radius 2 is 2.24 bits per heavy atom. The van der Waals surface area contributed by atoms with Gasteiger partial charge in [-0.3, -0.25) is 4.68 Å². The van der Waals surface area contributed by atoms with E-state index in [1.165, 1.54) is 5.69 Å². The second-order valence-electron chi connectivity index (χ2n) is 4.09. The molecule has 0 saturated heterocycles. The van der Waals surface area contributed by atoms with E-state index in [2.05, 4.69) is 47.1 Å². The van der Waals surface area contributed by atoms with E-state index in [0.717, 1.165) is 24.0 Å². The van der Waals surface area contributed by atoms with Crippen LogP contribution in [0.2, 0.25) is 0 Å². The minimum atomic E-state index is 0.228. The van der Waals surface area contributed by atoms with Crippen LogP contribution in [0.25, 0.3) is 0 Å². The summed E-state index contributed by atoms with van der Waals surface area (Å²) >= 11 is 3.58. The van der Waals surface area contributed by atoms with Gasteiger partial charge < -0.3 is 10.1 Å². The molecule has 2 unspecified atom stereocenters. The van der Waals surface area contributed by atoms with Crippen LogP contribution in [-0.2, 0) is 11.3 Å². The molecule has 5 heteroatoms. The summed E-state index contributed by atoms with van der Waals surface area (Å²) in [5.41, 5.74) is 1.21. The monoisotopic (exact) mass is 303 g/mol. The topological polar surface area (TPSA) is 39.1 Å². The van der Waals surface area contributed by atoms with Crippen LogP contribution < -0.4 is 5.32 Å². The summed E-state index contributed by atoms with van der Waals surface area (Å²) in [5.74, 6) is 0. The zero-order chi connectivity index (χ0) is 12.8. The Morgan fingerprint density at radius 1 is 1.53 bits per heavy atom. The standard InChI is InChI=1S/C12H22BrN3O/c1-5-14-11(7-9(3)17-4)12-10(13)8-15-16(12)6-2/h8-9,11,14H,5-7H2,1-4H3. The highest BCUT2D eigenvalue weighted by molar-refractivity contribution is 9.10. The SMILES string of the molecule is CCNC(CC(C)OC)c1c(Br)cnn1CC. The lowest BCUT2D eigenvalue weighted by atomic mass is 10.1. The second kappa shape index (κ2) is 7.13. The molecular weight excluding hydrogens is 282 g/mol. The normalized spacial score (nSPS) is 14.9. The molecule has 1 aromatic rings. The maximum Gasteiger partial charge on any atom is 0.0696 e. The Kier molecular flexibility index (Phi) is 6.16. The van der Waals surface area contributed by atoms with Gasteiger partial charge in [0.25, 0.3) is 0 Å². The summed E-state index contributed by atoms with van der Waals surface area (Å²) in [6.45, 7) is 8.12. The van der Waals surface area contributed by atoms with Gasteiger partial charge in [-0.2, -0.15) is 5.10 Å². The van der Waals surface area contributed by atoms with Gasteiger partial charge in [0.15, 0.2) is 0 Å². The van der Waals surface area contributed by atoms with Crippen molar-refractivity contribution in [2.24, 2.45) is 0 Å². The number of ether oxygens (including phenoxy) is 1. The average molecular weight is 304 g/mol. The smallest absolute Gasteiger partial charge is 0.0696 e. The number of aromatic nitrogens is 2. The molecule has 0 bridgehead atoms. The molecule has 1 heterocycles. The summed E-state index contributed by atoms with van der Waals surface area (Å²) in [7, 11) is 1.75. The Balaban J connectivity index is 2.91. The first-order valence-electron chi connectivity index (χ1n) is 6.11. The van der Waals surface area contributed by atoms with Crippen LogP contribution in [0.15, 0.2) is 10.7 Å². The Bertz CT molecular complexity index is 340. The molecule has 17 heavy (non-hydrogen) atoms. The lowest BCUT2D eigenvalue weighted by Gasteiger charge is -2.22. The van der Waals surface area contributed by atoms with Crippen molar-refractivity contribution in [3.63, 3.8) is 0 Å². The van der Waals surface area contributed by atoms with Crippen LogP contribution in [0.4, 0.5) is 0 Å². The summed E-state index contributed by atoms with van der Waals surface area (Å²) in [4.78, 5) is 0. The first-order valence-corrected chi connectivity index (χ1v) is 6.90. The third kappa shape index (κ3) is 3.79. The minimum absolute atomic E-state index is 0.228. The first-order chi connectivity index (χ1) is 8.13. The third-order valence-corrected chi connectivity index (χ3v) is 3.49. The van der Waals surface area contributed by atoms with Crippen molar-refractivity contribution < 1.29 is 4.74 Å². The molecule has 0 aliphatic heterocycles. The highest BCUT2D eigenvalue weighted by atomic mass is 79.9. The van der Waals surface area contributed by atoms with Gasteiger partial charge in [-0.25, -0.2) is 0 Å². The molecule has 2 atom stereocenters. The van der Waals surface area contributed by atoms with E-state index in [1.54, 1.807) is 7.11 Å². The van der Waals surface area contributed by atoms with Crippen molar-refractivity contribution in [2.75, 3.05) is 13.7 Å². The Morgan fingerprint density at radius 3 is 2.76 bits per heavy atom. The predicted octanol–water partition coefficient (Wildman–Crippen LogP) is 2.74. The van der Waals surface area contributed by atoms with Crippen LogP contribution >= 0.6 is 15.9 Å². The van der Waals surface area contributed by atoms with E-state index in [0.29, 0.717) is 0 Å². The van der Waals surface area contributed by atoms with Crippen LogP contribution in [0.5, 0.6) is 0 Å². The molecule has 0 radical (unpaired) electrons. The molecule has 4 nitrogen and oxygen atoms in total. The third-order valence-electron chi connectivity index (χ3n) is 2.88. The number of nitrogens with zero attached hydrogens (tertiary/aromatic N) is 2. The average Bonchev–Trinajstić information content (AvgIpc) is 2.69. The van der Waals surface area contributed by atoms with E-state index < -0.39 is 0 Å². The lowest BCUT2D eigenvalue weighted by Crippen LogP contribution is -2.27. The molecule has 1 aromatic heterocycles. The van der Waals surface area contributed by atoms with Crippen LogP contribution in [0, 0.1) is 0 Å². The molecule has 0 aliphatic rings. The molecule has 98 valence electrons. The fourth-order valence-electron chi connectivity index (χ4n) is 1.94. The van der Waals surface area contributed by atoms with Gasteiger partial charge in [0.1, 0.15) is 0 Å². The largest absolute Gasteiger partial charge is 0.382 e. The molecule has 0 aliphatic carbocycles. The lowest BCUT2D eigenvalue weighted by molar-refractivity contribution is 0.0994. The van der Waals surface area contributed by atoms with Crippen molar-refractivity contribution in [3.8, 4) is 0 Å². The molecular formula is C12H22BrN3O. The minimum Gasteiger partial charge on any atom is -0.382 e. The molecule has 0 spiro atoms. The second-order valence-corrected chi connectivity index (χ2v) is 4.94. The molecule has 0 aromatic carbocycles.